The molecule has 0 radical (unpaired) electrons. The van der Waals surface area contributed by atoms with E-state index in [0.29, 0.717) is 22.3 Å². The van der Waals surface area contributed by atoms with E-state index in [-0.39, 0.29) is 22.7 Å². The van der Waals surface area contributed by atoms with E-state index in [4.69, 9.17) is 9.47 Å². The van der Waals surface area contributed by atoms with Crippen LogP contribution in [0, 0.1) is 23.2 Å². The van der Waals surface area contributed by atoms with Crippen LogP contribution in [0.15, 0.2) is 47.4 Å². The Morgan fingerprint density at radius 1 is 1.19 bits per heavy atom. The molecule has 0 aliphatic rings. The highest BCUT2D eigenvalue weighted by atomic mass is 32.1. The second kappa shape index (κ2) is 10.6. The zero-order valence-electron chi connectivity index (χ0n) is 20.3. The molecule has 0 saturated heterocycles. The average molecular weight is 529 g/mol. The van der Waals surface area contributed by atoms with Crippen molar-refractivity contribution in [2.75, 3.05) is 5.32 Å². The van der Waals surface area contributed by atoms with Gasteiger partial charge < -0.3 is 14.4 Å². The molecular weight excluding hydrogens is 503 g/mol. The van der Waals surface area contributed by atoms with Gasteiger partial charge in [0.05, 0.1) is 28.6 Å². The highest BCUT2D eigenvalue weighted by Gasteiger charge is 2.26. The number of nitrogens with zero attached hydrogens (tertiary/aromatic N) is 3. The molecule has 0 bridgehead atoms. The van der Waals surface area contributed by atoms with Crippen LogP contribution in [0.2, 0.25) is 0 Å². The minimum absolute atomic E-state index is 0.125. The Balaban J connectivity index is 1.88. The summed E-state index contributed by atoms with van der Waals surface area (Å²) in [7, 11) is -4.30. The maximum atomic E-state index is 13.1. The van der Waals surface area contributed by atoms with Gasteiger partial charge in [0.25, 0.3) is 5.91 Å². The molecule has 12 heteroatoms. The molecule has 3 rings (SSSR count). The smallest absolute Gasteiger partial charge is 0.379 e. The van der Waals surface area contributed by atoms with Crippen LogP contribution in [0.1, 0.15) is 48.6 Å². The number of carbonyl (C=O) groups excluding carboxylic acids is 1. The van der Waals surface area contributed by atoms with Crippen molar-refractivity contribution >= 4 is 35.2 Å². The lowest BCUT2D eigenvalue weighted by molar-refractivity contribution is 0.102. The third-order valence-corrected chi connectivity index (χ3v) is 7.49. The van der Waals surface area contributed by atoms with Crippen molar-refractivity contribution < 1.29 is 23.7 Å². The highest BCUT2D eigenvalue weighted by Crippen LogP contribution is 2.41. The summed E-state index contributed by atoms with van der Waals surface area (Å²) in [6, 6.07) is 12.3. The lowest BCUT2D eigenvalue weighted by Crippen LogP contribution is -2.13. The molecule has 3 aromatic rings. The fraction of sp³-hybridized carbons (Fsp3) is 0.292. The number of hydrogen-bond acceptors (Lipinski definition) is 8. The number of thiazole rings is 1. The molecule has 0 fully saturated rings. The molecule has 10 nitrogen and oxygen atoms in total. The molecule has 0 aliphatic heterocycles. The van der Waals surface area contributed by atoms with Gasteiger partial charge in [-0.25, -0.2) is 4.98 Å². The van der Waals surface area contributed by atoms with E-state index >= 15 is 0 Å². The Bertz CT molecular complexity index is 1380. The lowest BCUT2D eigenvalue weighted by Gasteiger charge is -2.14. The van der Waals surface area contributed by atoms with Crippen molar-refractivity contribution in [1.29, 1.82) is 5.26 Å². The van der Waals surface area contributed by atoms with Crippen LogP contribution in [-0.4, -0.2) is 21.9 Å². The Kier molecular flexibility index (Phi) is 7.94. The Morgan fingerprint density at radius 3 is 2.42 bits per heavy atom. The minimum atomic E-state index is -4.30. The SMILES string of the molecule is Cc1nc(NC(=O)c2cc(Oc3ccc(P(=O)(O)N=O)cc3)cc(OC(C)C)c2)sc1C(C)(C)C#N. The third kappa shape index (κ3) is 6.34. The normalized spacial score (nSPS) is 12.9. The molecule has 2 N–H and O–H groups in total. The van der Waals surface area contributed by atoms with E-state index in [1.807, 2.05) is 13.8 Å². The van der Waals surface area contributed by atoms with Crippen molar-refractivity contribution in [2.24, 2.45) is 4.95 Å². The van der Waals surface area contributed by atoms with Crippen LogP contribution >= 0.6 is 18.9 Å². The van der Waals surface area contributed by atoms with Gasteiger partial charge in [0.2, 0.25) is 0 Å². The molecular formula is C24H25N4O6PS. The first-order chi connectivity index (χ1) is 16.8. The topological polar surface area (TPSA) is 151 Å². The first-order valence-electron chi connectivity index (χ1n) is 10.8. The monoisotopic (exact) mass is 528 g/mol. The number of hydrogen-bond donors (Lipinski definition) is 2. The van der Waals surface area contributed by atoms with E-state index < -0.39 is 18.8 Å². The Morgan fingerprint density at radius 2 is 1.83 bits per heavy atom. The van der Waals surface area contributed by atoms with E-state index in [1.165, 1.54) is 41.7 Å². The highest BCUT2D eigenvalue weighted by molar-refractivity contribution is 7.64. The first kappa shape index (κ1) is 27.0. The minimum Gasteiger partial charge on any atom is -0.491 e. The van der Waals surface area contributed by atoms with Crippen LogP contribution in [0.25, 0.3) is 0 Å². The number of ether oxygens (including phenoxy) is 2. The molecule has 1 amide bonds. The summed E-state index contributed by atoms with van der Waals surface area (Å²) in [5.41, 5.74) is 0.180. The molecule has 1 heterocycles. The number of carbonyl (C=O) groups is 1. The van der Waals surface area contributed by atoms with E-state index in [9.17, 15) is 24.4 Å². The molecule has 188 valence electrons. The molecule has 1 aromatic heterocycles. The van der Waals surface area contributed by atoms with Crippen LogP contribution in [-0.2, 0) is 9.98 Å². The van der Waals surface area contributed by atoms with E-state index in [0.717, 1.165) is 4.88 Å². The Labute approximate surface area is 212 Å². The van der Waals surface area contributed by atoms with Gasteiger partial charge in [-0.05, 0) is 71.0 Å². The quantitative estimate of drug-likeness (QED) is 0.267. The second-order valence-corrected chi connectivity index (χ2v) is 11.5. The van der Waals surface area contributed by atoms with Crippen molar-refractivity contribution in [3.05, 3.63) is 63.5 Å². The van der Waals surface area contributed by atoms with Gasteiger partial charge in [-0.1, -0.05) is 11.3 Å². The number of amides is 1. The summed E-state index contributed by atoms with van der Waals surface area (Å²) >= 11 is 1.24. The van der Waals surface area contributed by atoms with Crippen LogP contribution < -0.4 is 20.1 Å². The molecule has 1 atom stereocenters. The molecule has 2 aromatic carbocycles. The maximum Gasteiger partial charge on any atom is 0.379 e. The Hall–Kier alpha value is -3.58. The number of nitriles is 1. The fourth-order valence-electron chi connectivity index (χ4n) is 3.24. The second-order valence-electron chi connectivity index (χ2n) is 8.71. The van der Waals surface area contributed by atoms with Gasteiger partial charge in [-0.2, -0.15) is 5.26 Å². The van der Waals surface area contributed by atoms with Gasteiger partial charge in [0, 0.05) is 21.5 Å². The number of rotatable bonds is 9. The summed E-state index contributed by atoms with van der Waals surface area (Å²) in [4.78, 5) is 40.6. The maximum absolute atomic E-state index is 13.1. The van der Waals surface area contributed by atoms with E-state index in [2.05, 4.69) is 21.3 Å². The predicted octanol–water partition coefficient (Wildman–Crippen LogP) is 5.66. The van der Waals surface area contributed by atoms with E-state index in [1.54, 1.807) is 32.9 Å². The van der Waals surface area contributed by atoms with Gasteiger partial charge in [0.1, 0.15) is 17.2 Å². The van der Waals surface area contributed by atoms with Gasteiger partial charge >= 0.3 is 7.52 Å². The standard InChI is InChI=1S/C24H25N4O6PS/c1-14(2)33-18-10-16(22(29)27-23-26-15(3)21(36-23)24(4,5)13-25)11-19(12-18)34-17-6-8-20(9-7-17)35(31,32)28-30/h6-12,14H,1-5H3,(H,31,32)(H,26,27,29). The van der Waals surface area contributed by atoms with Crippen molar-refractivity contribution in [3.63, 3.8) is 0 Å². The summed E-state index contributed by atoms with van der Waals surface area (Å²) < 4.78 is 23.3. The number of nitrogens with one attached hydrogen (secondary N) is 1. The zero-order valence-corrected chi connectivity index (χ0v) is 22.0. The van der Waals surface area contributed by atoms with Crippen molar-refractivity contribution in [2.45, 2.75) is 46.1 Å². The first-order valence-corrected chi connectivity index (χ1v) is 13.3. The summed E-state index contributed by atoms with van der Waals surface area (Å²) in [5, 5.41) is 12.4. The van der Waals surface area contributed by atoms with Crippen molar-refractivity contribution in [1.82, 2.24) is 4.98 Å². The lowest BCUT2D eigenvalue weighted by atomic mass is 9.93. The number of aryl methyl sites for hydroxylation is 1. The number of anilines is 1. The molecule has 0 aliphatic carbocycles. The van der Waals surface area contributed by atoms with Gasteiger partial charge in [-0.15, -0.1) is 4.91 Å². The largest absolute Gasteiger partial charge is 0.491 e. The number of nitroso groups, excluding NO2 is 1. The van der Waals surface area contributed by atoms with Gasteiger partial charge in [0.15, 0.2) is 5.13 Å². The molecule has 0 saturated carbocycles. The van der Waals surface area contributed by atoms with Crippen LogP contribution in [0.4, 0.5) is 5.13 Å². The molecule has 0 spiro atoms. The van der Waals surface area contributed by atoms with Gasteiger partial charge in [-0.3, -0.25) is 14.7 Å². The molecule has 36 heavy (non-hydrogen) atoms. The third-order valence-electron chi connectivity index (χ3n) is 4.90. The number of aromatic nitrogens is 1. The summed E-state index contributed by atoms with van der Waals surface area (Å²) in [6.07, 6.45) is -0.164. The van der Waals surface area contributed by atoms with Crippen LogP contribution in [0.5, 0.6) is 17.2 Å². The summed E-state index contributed by atoms with van der Waals surface area (Å²) in [6.45, 7) is 9.05. The van der Waals surface area contributed by atoms with Crippen molar-refractivity contribution in [3.8, 4) is 23.3 Å². The zero-order chi connectivity index (χ0) is 26.7. The molecule has 1 unspecified atom stereocenters. The predicted molar refractivity (Wildman–Crippen MR) is 137 cm³/mol. The fourth-order valence-corrected chi connectivity index (χ4v) is 4.89. The average Bonchev–Trinajstić information content (AvgIpc) is 3.19. The summed E-state index contributed by atoms with van der Waals surface area (Å²) in [5.74, 6) is 0.540. The number of benzene rings is 2. The van der Waals surface area contributed by atoms with Crippen LogP contribution in [0.3, 0.4) is 0 Å².